The fourth-order valence-electron chi connectivity index (χ4n) is 3.25. The summed E-state index contributed by atoms with van der Waals surface area (Å²) in [7, 11) is 0. The van der Waals surface area contributed by atoms with Crippen LogP contribution in [-0.2, 0) is 9.47 Å². The number of amides is 1. The summed E-state index contributed by atoms with van der Waals surface area (Å²) in [5.41, 5.74) is 2.99. The number of nitrogens with one attached hydrogen (secondary N) is 1. The summed E-state index contributed by atoms with van der Waals surface area (Å²) in [6.07, 6.45) is 3.56. The largest absolute Gasteiger partial charge is 0.349 e. The molecule has 1 heterocycles. The minimum atomic E-state index is -0.361. The van der Waals surface area contributed by atoms with Gasteiger partial charge in [-0.05, 0) is 43.9 Å². The quantitative estimate of drug-likeness (QED) is 0.910. The molecule has 1 aliphatic heterocycles. The Balaban J connectivity index is 1.60. The second-order valence-corrected chi connectivity index (χ2v) is 6.10. The van der Waals surface area contributed by atoms with Gasteiger partial charge in [-0.2, -0.15) is 0 Å². The first-order valence-electron chi connectivity index (χ1n) is 7.75. The molecule has 1 saturated carbocycles. The van der Waals surface area contributed by atoms with E-state index in [1.54, 1.807) is 0 Å². The lowest BCUT2D eigenvalue weighted by Gasteiger charge is -2.35. The van der Waals surface area contributed by atoms with Gasteiger partial charge in [0.25, 0.3) is 5.91 Å². The molecule has 0 unspecified atom stereocenters. The fraction of sp³-hybridized carbons (Fsp3) is 0.588. The monoisotopic (exact) mass is 289 g/mol. The molecule has 21 heavy (non-hydrogen) atoms. The van der Waals surface area contributed by atoms with E-state index in [0.717, 1.165) is 42.4 Å². The van der Waals surface area contributed by atoms with Crippen molar-refractivity contribution in [3.05, 3.63) is 34.9 Å². The van der Waals surface area contributed by atoms with Crippen LogP contribution in [0.3, 0.4) is 0 Å². The molecule has 1 saturated heterocycles. The molecule has 1 N–H and O–H groups in total. The number of rotatable bonds is 2. The average Bonchev–Trinajstić information content (AvgIpc) is 2.93. The van der Waals surface area contributed by atoms with Crippen molar-refractivity contribution in [3.8, 4) is 0 Å². The highest BCUT2D eigenvalue weighted by Gasteiger charge is 2.40. The van der Waals surface area contributed by atoms with Crippen LogP contribution < -0.4 is 5.32 Å². The second kappa shape index (κ2) is 5.78. The Bertz CT molecular complexity index is 525. The van der Waals surface area contributed by atoms with Crippen LogP contribution in [-0.4, -0.2) is 30.9 Å². The Labute approximate surface area is 125 Å². The van der Waals surface area contributed by atoms with Crippen LogP contribution in [0.5, 0.6) is 0 Å². The van der Waals surface area contributed by atoms with E-state index in [4.69, 9.17) is 9.47 Å². The number of hydrogen-bond acceptors (Lipinski definition) is 3. The lowest BCUT2D eigenvalue weighted by Crippen LogP contribution is -2.44. The smallest absolute Gasteiger partial charge is 0.251 e. The van der Waals surface area contributed by atoms with Crippen LogP contribution in [0.4, 0.5) is 0 Å². The SMILES string of the molecule is Cc1cccc(C(=O)NC2CCC3(CC2)OCCO3)c1C. The Morgan fingerprint density at radius 2 is 1.86 bits per heavy atom. The molecule has 1 amide bonds. The highest BCUT2D eigenvalue weighted by molar-refractivity contribution is 5.96. The third kappa shape index (κ3) is 2.97. The predicted molar refractivity (Wildman–Crippen MR) is 80.3 cm³/mol. The van der Waals surface area contributed by atoms with Crippen molar-refractivity contribution < 1.29 is 14.3 Å². The van der Waals surface area contributed by atoms with Gasteiger partial charge in [0.05, 0.1) is 13.2 Å². The second-order valence-electron chi connectivity index (χ2n) is 6.10. The van der Waals surface area contributed by atoms with Gasteiger partial charge in [-0.3, -0.25) is 4.79 Å². The molecule has 2 fully saturated rings. The van der Waals surface area contributed by atoms with E-state index in [1.165, 1.54) is 0 Å². The topological polar surface area (TPSA) is 47.6 Å². The van der Waals surface area contributed by atoms with Crippen LogP contribution in [0.2, 0.25) is 0 Å². The third-order valence-corrected chi connectivity index (χ3v) is 4.75. The maximum atomic E-state index is 12.4. The van der Waals surface area contributed by atoms with Crippen molar-refractivity contribution in [1.29, 1.82) is 0 Å². The minimum absolute atomic E-state index is 0.0328. The van der Waals surface area contributed by atoms with Gasteiger partial charge >= 0.3 is 0 Å². The Kier molecular flexibility index (Phi) is 4.00. The first kappa shape index (κ1) is 14.5. The fourth-order valence-corrected chi connectivity index (χ4v) is 3.25. The number of carbonyl (C=O) groups excluding carboxylic acids is 1. The molecular weight excluding hydrogens is 266 g/mol. The molecule has 1 aromatic carbocycles. The number of benzene rings is 1. The predicted octanol–water partition coefficient (Wildman–Crippen LogP) is 2.72. The molecule has 0 bridgehead atoms. The maximum absolute atomic E-state index is 12.4. The summed E-state index contributed by atoms with van der Waals surface area (Å²) in [4.78, 5) is 12.4. The summed E-state index contributed by atoms with van der Waals surface area (Å²) in [5.74, 6) is -0.328. The van der Waals surface area contributed by atoms with E-state index in [9.17, 15) is 4.79 Å². The maximum Gasteiger partial charge on any atom is 0.251 e. The number of carbonyl (C=O) groups is 1. The zero-order valence-corrected chi connectivity index (χ0v) is 12.8. The molecule has 4 heteroatoms. The lowest BCUT2D eigenvalue weighted by atomic mass is 9.89. The van der Waals surface area contributed by atoms with Crippen LogP contribution in [0.1, 0.15) is 47.2 Å². The van der Waals surface area contributed by atoms with Crippen molar-refractivity contribution >= 4 is 5.91 Å². The van der Waals surface area contributed by atoms with E-state index < -0.39 is 0 Å². The molecule has 0 aromatic heterocycles. The van der Waals surface area contributed by atoms with E-state index in [0.29, 0.717) is 13.2 Å². The Hall–Kier alpha value is -1.39. The van der Waals surface area contributed by atoms with Gasteiger partial charge in [0.1, 0.15) is 0 Å². The van der Waals surface area contributed by atoms with Crippen LogP contribution in [0.15, 0.2) is 18.2 Å². The van der Waals surface area contributed by atoms with Gasteiger partial charge in [-0.15, -0.1) is 0 Å². The van der Waals surface area contributed by atoms with Crippen molar-refractivity contribution in [2.75, 3.05) is 13.2 Å². The summed E-state index contributed by atoms with van der Waals surface area (Å²) >= 11 is 0. The summed E-state index contributed by atoms with van der Waals surface area (Å²) in [6.45, 7) is 5.42. The van der Waals surface area contributed by atoms with Crippen molar-refractivity contribution in [2.45, 2.75) is 51.4 Å². The van der Waals surface area contributed by atoms with Crippen LogP contribution in [0.25, 0.3) is 0 Å². The molecule has 2 aliphatic rings. The highest BCUT2D eigenvalue weighted by atomic mass is 16.7. The van der Waals surface area contributed by atoms with Crippen LogP contribution in [0, 0.1) is 13.8 Å². The van der Waals surface area contributed by atoms with Crippen LogP contribution >= 0.6 is 0 Å². The van der Waals surface area contributed by atoms with E-state index in [1.807, 2.05) is 32.0 Å². The summed E-state index contributed by atoms with van der Waals surface area (Å²) < 4.78 is 11.4. The zero-order chi connectivity index (χ0) is 14.9. The van der Waals surface area contributed by atoms with Gasteiger partial charge < -0.3 is 14.8 Å². The number of aryl methyl sites for hydroxylation is 1. The van der Waals surface area contributed by atoms with Gasteiger partial charge in [0.2, 0.25) is 0 Å². The van der Waals surface area contributed by atoms with E-state index >= 15 is 0 Å². The van der Waals surface area contributed by atoms with Crippen molar-refractivity contribution in [1.82, 2.24) is 5.32 Å². The van der Waals surface area contributed by atoms with E-state index in [2.05, 4.69) is 5.32 Å². The molecule has 4 nitrogen and oxygen atoms in total. The standard InChI is InChI=1S/C17H23NO3/c1-12-4-3-5-15(13(12)2)16(19)18-14-6-8-17(9-7-14)20-10-11-21-17/h3-5,14H,6-11H2,1-2H3,(H,18,19). The Morgan fingerprint density at radius 1 is 1.19 bits per heavy atom. The lowest BCUT2D eigenvalue weighted by molar-refractivity contribution is -0.179. The third-order valence-electron chi connectivity index (χ3n) is 4.75. The number of hydrogen-bond donors (Lipinski definition) is 1. The highest BCUT2D eigenvalue weighted by Crippen LogP contribution is 2.35. The average molecular weight is 289 g/mol. The van der Waals surface area contributed by atoms with Crippen molar-refractivity contribution in [2.24, 2.45) is 0 Å². The van der Waals surface area contributed by atoms with Gasteiger partial charge in [-0.1, -0.05) is 12.1 Å². The zero-order valence-electron chi connectivity index (χ0n) is 12.8. The minimum Gasteiger partial charge on any atom is -0.349 e. The summed E-state index contributed by atoms with van der Waals surface area (Å²) in [6, 6.07) is 6.08. The molecule has 1 aromatic rings. The molecular formula is C17H23NO3. The number of ether oxygens (including phenoxy) is 2. The Morgan fingerprint density at radius 3 is 2.52 bits per heavy atom. The van der Waals surface area contributed by atoms with Gasteiger partial charge in [0.15, 0.2) is 5.79 Å². The molecule has 0 radical (unpaired) electrons. The molecule has 1 aliphatic carbocycles. The molecule has 3 rings (SSSR count). The van der Waals surface area contributed by atoms with Crippen molar-refractivity contribution in [3.63, 3.8) is 0 Å². The van der Waals surface area contributed by atoms with E-state index in [-0.39, 0.29) is 17.7 Å². The first-order chi connectivity index (χ1) is 10.1. The summed E-state index contributed by atoms with van der Waals surface area (Å²) in [5, 5.41) is 3.16. The molecule has 114 valence electrons. The molecule has 0 atom stereocenters. The normalized spacial score (nSPS) is 21.6. The molecule has 1 spiro atoms. The van der Waals surface area contributed by atoms with Gasteiger partial charge in [-0.25, -0.2) is 0 Å². The van der Waals surface area contributed by atoms with Gasteiger partial charge in [0, 0.05) is 24.4 Å². The first-order valence-corrected chi connectivity index (χ1v) is 7.75.